The molecule has 0 saturated carbocycles. The van der Waals surface area contributed by atoms with E-state index in [9.17, 15) is 0 Å². The largest absolute Gasteiger partial charge is 0.497 e. The lowest BCUT2D eigenvalue weighted by Crippen LogP contribution is -2.21. The molecule has 0 spiro atoms. The third-order valence-corrected chi connectivity index (χ3v) is 4.98. The van der Waals surface area contributed by atoms with Gasteiger partial charge in [0.2, 0.25) is 5.95 Å². The predicted molar refractivity (Wildman–Crippen MR) is 103 cm³/mol. The molecular weight excluding hydrogens is 396 g/mol. The SMILES string of the molecule is COc1ccc(C2CC(c3ccc(Br)cc3)=Nc3ncnn32)c(OC)c1. The van der Waals surface area contributed by atoms with E-state index in [0.29, 0.717) is 12.4 Å². The fraction of sp³-hybridized carbons (Fsp3) is 0.211. The average molecular weight is 413 g/mol. The maximum Gasteiger partial charge on any atom is 0.248 e. The van der Waals surface area contributed by atoms with Crippen LogP contribution in [0.4, 0.5) is 5.95 Å². The van der Waals surface area contributed by atoms with Gasteiger partial charge in [-0.25, -0.2) is 9.67 Å². The van der Waals surface area contributed by atoms with Gasteiger partial charge in [-0.2, -0.15) is 10.1 Å². The van der Waals surface area contributed by atoms with Gasteiger partial charge in [-0.05, 0) is 29.8 Å². The van der Waals surface area contributed by atoms with Crippen LogP contribution < -0.4 is 9.47 Å². The van der Waals surface area contributed by atoms with Crippen molar-refractivity contribution in [3.05, 3.63) is 64.4 Å². The molecule has 1 aromatic heterocycles. The lowest BCUT2D eigenvalue weighted by Gasteiger charge is -2.25. The third-order valence-electron chi connectivity index (χ3n) is 4.45. The summed E-state index contributed by atoms with van der Waals surface area (Å²) in [5, 5.41) is 4.38. The molecule has 1 atom stereocenters. The first-order valence-electron chi connectivity index (χ1n) is 8.14. The Morgan fingerprint density at radius 3 is 2.62 bits per heavy atom. The molecule has 6 nitrogen and oxygen atoms in total. The van der Waals surface area contributed by atoms with Crippen molar-refractivity contribution in [1.29, 1.82) is 0 Å². The lowest BCUT2D eigenvalue weighted by atomic mass is 9.95. The topological polar surface area (TPSA) is 61.5 Å². The fourth-order valence-electron chi connectivity index (χ4n) is 3.14. The summed E-state index contributed by atoms with van der Waals surface area (Å²) < 4.78 is 13.8. The molecule has 0 saturated heterocycles. The van der Waals surface area contributed by atoms with Crippen molar-refractivity contribution >= 4 is 27.6 Å². The Morgan fingerprint density at radius 2 is 1.88 bits per heavy atom. The van der Waals surface area contributed by atoms with E-state index in [-0.39, 0.29) is 6.04 Å². The number of benzene rings is 2. The second-order valence-electron chi connectivity index (χ2n) is 5.90. The van der Waals surface area contributed by atoms with Crippen LogP contribution >= 0.6 is 15.9 Å². The maximum absolute atomic E-state index is 5.60. The third kappa shape index (κ3) is 2.99. The minimum atomic E-state index is -0.0514. The van der Waals surface area contributed by atoms with Crippen molar-refractivity contribution in [2.45, 2.75) is 12.5 Å². The van der Waals surface area contributed by atoms with Gasteiger partial charge in [0.05, 0.1) is 26.0 Å². The number of rotatable bonds is 4. The number of fused-ring (bicyclic) bond motifs is 1. The first kappa shape index (κ1) is 16.8. The minimum Gasteiger partial charge on any atom is -0.497 e. The van der Waals surface area contributed by atoms with Crippen LogP contribution in [0.25, 0.3) is 0 Å². The van der Waals surface area contributed by atoms with Crippen LogP contribution in [0.3, 0.4) is 0 Å². The Bertz CT molecular complexity index is 966. The summed E-state index contributed by atoms with van der Waals surface area (Å²) in [6.07, 6.45) is 2.23. The Labute approximate surface area is 159 Å². The van der Waals surface area contributed by atoms with Gasteiger partial charge in [-0.3, -0.25) is 0 Å². The first-order valence-corrected chi connectivity index (χ1v) is 8.94. The van der Waals surface area contributed by atoms with Crippen molar-refractivity contribution in [2.24, 2.45) is 4.99 Å². The number of aliphatic imine (C=N–C) groups is 1. The molecule has 132 valence electrons. The van der Waals surface area contributed by atoms with Gasteiger partial charge in [-0.1, -0.05) is 28.1 Å². The Kier molecular flexibility index (Phi) is 4.46. The van der Waals surface area contributed by atoms with E-state index in [1.54, 1.807) is 14.2 Å². The summed E-state index contributed by atoms with van der Waals surface area (Å²) in [5.41, 5.74) is 3.06. The van der Waals surface area contributed by atoms with Gasteiger partial charge in [0, 0.05) is 22.5 Å². The number of halogens is 1. The summed E-state index contributed by atoms with van der Waals surface area (Å²) in [6, 6.07) is 13.9. The molecule has 1 unspecified atom stereocenters. The summed E-state index contributed by atoms with van der Waals surface area (Å²) in [7, 11) is 3.30. The molecule has 0 radical (unpaired) electrons. The van der Waals surface area contributed by atoms with Gasteiger partial charge in [-0.15, -0.1) is 0 Å². The Hall–Kier alpha value is -2.67. The molecule has 7 heteroatoms. The van der Waals surface area contributed by atoms with Crippen LogP contribution in [0.1, 0.15) is 23.6 Å². The summed E-state index contributed by atoms with van der Waals surface area (Å²) in [6.45, 7) is 0. The van der Waals surface area contributed by atoms with E-state index in [1.165, 1.54) is 6.33 Å². The van der Waals surface area contributed by atoms with Crippen LogP contribution in [0.15, 0.2) is 58.3 Å². The molecule has 0 amide bonds. The van der Waals surface area contributed by atoms with Crippen LogP contribution in [-0.4, -0.2) is 34.7 Å². The molecule has 1 aliphatic heterocycles. The highest BCUT2D eigenvalue weighted by Crippen LogP contribution is 2.38. The average Bonchev–Trinajstić information content (AvgIpc) is 3.16. The van der Waals surface area contributed by atoms with Crippen LogP contribution in [0.5, 0.6) is 11.5 Å². The predicted octanol–water partition coefficient (Wildman–Crippen LogP) is 4.17. The summed E-state index contributed by atoms with van der Waals surface area (Å²) in [4.78, 5) is 9.00. The number of hydrogen-bond acceptors (Lipinski definition) is 5. The molecule has 26 heavy (non-hydrogen) atoms. The molecular formula is C19H17BrN4O2. The Morgan fingerprint density at radius 1 is 1.08 bits per heavy atom. The molecule has 1 aliphatic rings. The van der Waals surface area contributed by atoms with Crippen molar-refractivity contribution < 1.29 is 9.47 Å². The molecule has 2 aromatic carbocycles. The minimum absolute atomic E-state index is 0.0514. The zero-order valence-corrected chi connectivity index (χ0v) is 16.0. The first-order chi connectivity index (χ1) is 12.7. The molecule has 0 N–H and O–H groups in total. The molecule has 0 bridgehead atoms. The van der Waals surface area contributed by atoms with E-state index in [2.05, 4.69) is 38.1 Å². The van der Waals surface area contributed by atoms with Gasteiger partial charge in [0.25, 0.3) is 0 Å². The highest BCUT2D eigenvalue weighted by atomic mass is 79.9. The van der Waals surface area contributed by atoms with Gasteiger partial charge >= 0.3 is 0 Å². The van der Waals surface area contributed by atoms with E-state index >= 15 is 0 Å². The van der Waals surface area contributed by atoms with Gasteiger partial charge in [0.1, 0.15) is 17.8 Å². The molecule has 0 aliphatic carbocycles. The van der Waals surface area contributed by atoms with E-state index in [0.717, 1.165) is 32.8 Å². The van der Waals surface area contributed by atoms with Crippen molar-refractivity contribution in [3.8, 4) is 11.5 Å². The second kappa shape index (κ2) is 6.92. The highest BCUT2D eigenvalue weighted by molar-refractivity contribution is 9.10. The summed E-state index contributed by atoms with van der Waals surface area (Å²) in [5.74, 6) is 2.10. The van der Waals surface area contributed by atoms with Crippen molar-refractivity contribution in [2.75, 3.05) is 14.2 Å². The fourth-order valence-corrected chi connectivity index (χ4v) is 3.40. The van der Waals surface area contributed by atoms with E-state index in [4.69, 9.17) is 14.5 Å². The molecule has 4 rings (SSSR count). The smallest absolute Gasteiger partial charge is 0.248 e. The molecule has 3 aromatic rings. The zero-order valence-electron chi connectivity index (χ0n) is 14.4. The second-order valence-corrected chi connectivity index (χ2v) is 6.81. The maximum atomic E-state index is 5.60. The van der Waals surface area contributed by atoms with E-state index < -0.39 is 0 Å². The van der Waals surface area contributed by atoms with Crippen LogP contribution in [0.2, 0.25) is 0 Å². The highest BCUT2D eigenvalue weighted by Gasteiger charge is 2.28. The molecule has 2 heterocycles. The van der Waals surface area contributed by atoms with Crippen molar-refractivity contribution in [1.82, 2.24) is 14.8 Å². The van der Waals surface area contributed by atoms with Gasteiger partial charge < -0.3 is 9.47 Å². The van der Waals surface area contributed by atoms with Crippen LogP contribution in [-0.2, 0) is 0 Å². The normalized spacial score (nSPS) is 16.0. The molecule has 0 fully saturated rings. The number of hydrogen-bond donors (Lipinski definition) is 0. The standard InChI is InChI=1S/C19H17BrN4O2/c1-25-14-7-8-15(18(9-14)26-2)17-10-16(12-3-5-13(20)6-4-12)23-19-21-11-22-24(17)19/h3-9,11,17H,10H2,1-2H3. The zero-order chi connectivity index (χ0) is 18.1. The lowest BCUT2D eigenvalue weighted by molar-refractivity contribution is 0.383. The monoisotopic (exact) mass is 412 g/mol. The number of aromatic nitrogens is 3. The van der Waals surface area contributed by atoms with Crippen molar-refractivity contribution in [3.63, 3.8) is 0 Å². The quantitative estimate of drug-likeness (QED) is 0.644. The van der Waals surface area contributed by atoms with Gasteiger partial charge in [0.15, 0.2) is 0 Å². The Balaban J connectivity index is 1.79. The number of nitrogens with zero attached hydrogens (tertiary/aromatic N) is 4. The van der Waals surface area contributed by atoms with E-state index in [1.807, 2.05) is 35.0 Å². The number of methoxy groups -OCH3 is 2. The van der Waals surface area contributed by atoms with Crippen LogP contribution in [0, 0.1) is 0 Å². The summed E-state index contributed by atoms with van der Waals surface area (Å²) >= 11 is 3.48. The number of ether oxygens (including phenoxy) is 2.